The number of aryl methyl sites for hydroxylation is 1. The van der Waals surface area contributed by atoms with Crippen LogP contribution in [0.2, 0.25) is 0 Å². The minimum absolute atomic E-state index is 0.170. The number of hydrogen-bond donors (Lipinski definition) is 0. The van der Waals surface area contributed by atoms with Gasteiger partial charge in [-0.25, -0.2) is 4.39 Å². The number of benzene rings is 1. The zero-order chi connectivity index (χ0) is 9.84. The normalized spacial score (nSPS) is 12.9. The van der Waals surface area contributed by atoms with E-state index in [2.05, 4.69) is 15.9 Å². The van der Waals surface area contributed by atoms with Crippen molar-refractivity contribution in [2.24, 2.45) is 0 Å². The lowest BCUT2D eigenvalue weighted by molar-refractivity contribution is 0.619. The summed E-state index contributed by atoms with van der Waals surface area (Å²) >= 11 is 8.96. The summed E-state index contributed by atoms with van der Waals surface area (Å²) in [4.78, 5) is 0. The highest BCUT2D eigenvalue weighted by molar-refractivity contribution is 9.10. The van der Waals surface area contributed by atoms with Crippen LogP contribution in [0.1, 0.15) is 18.9 Å². The van der Waals surface area contributed by atoms with E-state index in [4.69, 9.17) is 11.6 Å². The number of hydrogen-bond acceptors (Lipinski definition) is 0. The average Bonchev–Trinajstić information content (AvgIpc) is 2.07. The maximum Gasteiger partial charge on any atom is 0.137 e. The van der Waals surface area contributed by atoms with Crippen LogP contribution in [0.3, 0.4) is 0 Å². The van der Waals surface area contributed by atoms with Gasteiger partial charge in [-0.3, -0.25) is 0 Å². The standard InChI is InChI=1S/C10H11BrClF/c1-7(12)2-3-8-4-5-10(13)9(11)6-8/h4-7H,2-3H2,1H3. The van der Waals surface area contributed by atoms with Gasteiger partial charge in [0.1, 0.15) is 5.82 Å². The van der Waals surface area contributed by atoms with E-state index in [0.717, 1.165) is 18.4 Å². The first kappa shape index (κ1) is 11.0. The SMILES string of the molecule is CC(Cl)CCc1ccc(F)c(Br)c1. The first-order chi connectivity index (χ1) is 6.09. The van der Waals surface area contributed by atoms with E-state index in [0.29, 0.717) is 4.47 Å². The second-order valence-corrected chi connectivity index (χ2v) is 4.67. The summed E-state index contributed by atoms with van der Waals surface area (Å²) in [5.41, 5.74) is 1.11. The minimum atomic E-state index is -0.220. The maximum atomic E-state index is 12.8. The lowest BCUT2D eigenvalue weighted by Gasteiger charge is -2.03. The van der Waals surface area contributed by atoms with Gasteiger partial charge in [-0.1, -0.05) is 6.07 Å². The second kappa shape index (κ2) is 4.97. The molecule has 0 amide bonds. The van der Waals surface area contributed by atoms with Crippen molar-refractivity contribution in [3.8, 4) is 0 Å². The van der Waals surface area contributed by atoms with E-state index in [1.54, 1.807) is 12.1 Å². The summed E-state index contributed by atoms with van der Waals surface area (Å²) in [6.07, 6.45) is 1.81. The molecule has 0 spiro atoms. The molecule has 0 aliphatic rings. The van der Waals surface area contributed by atoms with Gasteiger partial charge in [-0.15, -0.1) is 11.6 Å². The largest absolute Gasteiger partial charge is 0.206 e. The Balaban J connectivity index is 2.63. The van der Waals surface area contributed by atoms with E-state index >= 15 is 0 Å². The van der Waals surface area contributed by atoms with Gasteiger partial charge in [0.2, 0.25) is 0 Å². The molecule has 0 N–H and O–H groups in total. The zero-order valence-electron chi connectivity index (χ0n) is 7.36. The Kier molecular flexibility index (Phi) is 4.20. The van der Waals surface area contributed by atoms with Gasteiger partial charge in [-0.05, 0) is 53.4 Å². The summed E-state index contributed by atoms with van der Waals surface area (Å²) in [6.45, 7) is 1.96. The molecule has 13 heavy (non-hydrogen) atoms. The van der Waals surface area contributed by atoms with Crippen LogP contribution < -0.4 is 0 Å². The van der Waals surface area contributed by atoms with E-state index < -0.39 is 0 Å². The predicted molar refractivity (Wildman–Crippen MR) is 57.7 cm³/mol. The van der Waals surface area contributed by atoms with Crippen LogP contribution in [0, 0.1) is 5.82 Å². The van der Waals surface area contributed by atoms with Crippen LogP contribution in [-0.4, -0.2) is 5.38 Å². The molecule has 1 unspecified atom stereocenters. The van der Waals surface area contributed by atoms with Crippen LogP contribution in [0.4, 0.5) is 4.39 Å². The molecule has 1 aromatic carbocycles. The Labute approximate surface area is 91.2 Å². The van der Waals surface area contributed by atoms with Crippen molar-refractivity contribution >= 4 is 27.5 Å². The first-order valence-electron chi connectivity index (χ1n) is 4.17. The highest BCUT2D eigenvalue weighted by atomic mass is 79.9. The predicted octanol–water partition coefficient (Wildman–Crippen LogP) is 4.15. The fourth-order valence-corrected chi connectivity index (χ4v) is 1.60. The molecule has 3 heteroatoms. The van der Waals surface area contributed by atoms with Crippen LogP contribution in [-0.2, 0) is 6.42 Å². The highest BCUT2D eigenvalue weighted by Gasteiger charge is 2.02. The zero-order valence-corrected chi connectivity index (χ0v) is 9.70. The molecule has 0 nitrogen and oxygen atoms in total. The van der Waals surface area contributed by atoms with Crippen LogP contribution in [0.25, 0.3) is 0 Å². The van der Waals surface area contributed by atoms with E-state index in [9.17, 15) is 4.39 Å². The fourth-order valence-electron chi connectivity index (χ4n) is 1.06. The molecule has 0 aliphatic carbocycles. The Hall–Kier alpha value is -0.0800. The molecule has 0 heterocycles. The van der Waals surface area contributed by atoms with Gasteiger partial charge in [-0.2, -0.15) is 0 Å². The quantitative estimate of drug-likeness (QED) is 0.720. The van der Waals surface area contributed by atoms with Gasteiger partial charge >= 0.3 is 0 Å². The summed E-state index contributed by atoms with van der Waals surface area (Å²) in [5.74, 6) is -0.220. The maximum absolute atomic E-state index is 12.8. The lowest BCUT2D eigenvalue weighted by Crippen LogP contribution is -1.94. The first-order valence-corrected chi connectivity index (χ1v) is 5.40. The third-order valence-electron chi connectivity index (χ3n) is 1.81. The van der Waals surface area contributed by atoms with Gasteiger partial charge < -0.3 is 0 Å². The molecule has 0 radical (unpaired) electrons. The summed E-state index contributed by atoms with van der Waals surface area (Å²) in [5, 5.41) is 0.170. The summed E-state index contributed by atoms with van der Waals surface area (Å²) in [7, 11) is 0. The van der Waals surface area contributed by atoms with Crippen LogP contribution in [0.5, 0.6) is 0 Å². The van der Waals surface area contributed by atoms with Gasteiger partial charge in [0.15, 0.2) is 0 Å². The van der Waals surface area contributed by atoms with Crippen molar-refractivity contribution in [3.05, 3.63) is 34.1 Å². The van der Waals surface area contributed by atoms with Gasteiger partial charge in [0.05, 0.1) is 4.47 Å². The second-order valence-electron chi connectivity index (χ2n) is 3.07. The molecule has 0 fully saturated rings. The van der Waals surface area contributed by atoms with E-state index in [-0.39, 0.29) is 11.2 Å². The molecule has 0 aromatic heterocycles. The molecule has 1 atom stereocenters. The van der Waals surface area contributed by atoms with Crippen molar-refractivity contribution in [3.63, 3.8) is 0 Å². The topological polar surface area (TPSA) is 0 Å². The molecule has 1 rings (SSSR count). The van der Waals surface area contributed by atoms with E-state index in [1.807, 2.05) is 6.92 Å². The summed E-state index contributed by atoms with van der Waals surface area (Å²) < 4.78 is 13.3. The molecule has 1 aromatic rings. The minimum Gasteiger partial charge on any atom is -0.206 e. The Morgan fingerprint density at radius 1 is 1.54 bits per heavy atom. The molecular weight excluding hydrogens is 254 g/mol. The third kappa shape index (κ3) is 3.65. The van der Waals surface area contributed by atoms with Crippen LogP contribution >= 0.6 is 27.5 Å². The van der Waals surface area contributed by atoms with Crippen molar-refractivity contribution in [1.82, 2.24) is 0 Å². The van der Waals surface area contributed by atoms with Crippen LogP contribution in [0.15, 0.2) is 22.7 Å². The van der Waals surface area contributed by atoms with Crippen molar-refractivity contribution < 1.29 is 4.39 Å². The number of halogens is 3. The lowest BCUT2D eigenvalue weighted by atomic mass is 10.1. The Morgan fingerprint density at radius 2 is 2.23 bits per heavy atom. The van der Waals surface area contributed by atoms with Crippen molar-refractivity contribution in [2.75, 3.05) is 0 Å². The smallest absolute Gasteiger partial charge is 0.137 e. The highest BCUT2D eigenvalue weighted by Crippen LogP contribution is 2.18. The Bertz CT molecular complexity index is 286. The fraction of sp³-hybridized carbons (Fsp3) is 0.400. The number of rotatable bonds is 3. The van der Waals surface area contributed by atoms with Gasteiger partial charge in [0.25, 0.3) is 0 Å². The Morgan fingerprint density at radius 3 is 2.77 bits per heavy atom. The third-order valence-corrected chi connectivity index (χ3v) is 2.64. The molecule has 72 valence electrons. The average molecular weight is 266 g/mol. The molecule has 0 aliphatic heterocycles. The van der Waals surface area contributed by atoms with E-state index in [1.165, 1.54) is 6.07 Å². The molecule has 0 bridgehead atoms. The van der Waals surface area contributed by atoms with Crippen molar-refractivity contribution in [2.45, 2.75) is 25.1 Å². The van der Waals surface area contributed by atoms with Gasteiger partial charge in [0, 0.05) is 5.38 Å². The monoisotopic (exact) mass is 264 g/mol. The molecule has 0 saturated heterocycles. The van der Waals surface area contributed by atoms with Crippen molar-refractivity contribution in [1.29, 1.82) is 0 Å². The number of alkyl halides is 1. The molecule has 0 saturated carbocycles. The summed E-state index contributed by atoms with van der Waals surface area (Å²) in [6, 6.07) is 5.06. The molecular formula is C10H11BrClF.